The fraction of sp³-hybridized carbons (Fsp3) is 0.286. The minimum Gasteiger partial charge on any atom is -0.465 e. The Labute approximate surface area is 106 Å². The van der Waals surface area contributed by atoms with Crippen molar-refractivity contribution in [2.24, 2.45) is 0 Å². The number of anilines is 1. The van der Waals surface area contributed by atoms with E-state index in [1.807, 2.05) is 29.2 Å². The van der Waals surface area contributed by atoms with Crippen molar-refractivity contribution < 1.29 is 9.53 Å². The smallest absolute Gasteiger partial charge is 0.350 e. The largest absolute Gasteiger partial charge is 0.465 e. The van der Waals surface area contributed by atoms with Crippen LogP contribution >= 0.6 is 0 Å². The molecular formula is C14H14N2O2. The van der Waals surface area contributed by atoms with Crippen molar-refractivity contribution in [1.29, 1.82) is 5.26 Å². The Kier molecular flexibility index (Phi) is 3.33. The number of ether oxygens (including phenoxy) is 1. The number of carbonyl (C=O) groups is 1. The van der Waals surface area contributed by atoms with Crippen LogP contribution in [0, 0.1) is 11.3 Å². The highest BCUT2D eigenvalue weighted by Crippen LogP contribution is 2.32. The van der Waals surface area contributed by atoms with Crippen molar-refractivity contribution in [1.82, 2.24) is 0 Å². The number of carbonyl (C=O) groups excluding carboxylic acids is 1. The third-order valence-electron chi connectivity index (χ3n) is 3.05. The van der Waals surface area contributed by atoms with Crippen LogP contribution in [0.5, 0.6) is 0 Å². The van der Waals surface area contributed by atoms with E-state index in [4.69, 9.17) is 5.26 Å². The molecular weight excluding hydrogens is 228 g/mol. The van der Waals surface area contributed by atoms with Crippen LogP contribution in [0.3, 0.4) is 0 Å². The molecule has 1 aromatic carbocycles. The summed E-state index contributed by atoms with van der Waals surface area (Å²) in [6.45, 7) is 2.06. The predicted molar refractivity (Wildman–Crippen MR) is 67.8 cm³/mol. The van der Waals surface area contributed by atoms with Crippen LogP contribution < -0.4 is 4.90 Å². The topological polar surface area (TPSA) is 53.3 Å². The van der Waals surface area contributed by atoms with Crippen LogP contribution in [0.2, 0.25) is 0 Å². The fourth-order valence-corrected chi connectivity index (χ4v) is 2.16. The standard InChI is InChI=1S/C14H14N2O2/c1-10-7-11-5-3-4-6-13(11)16(10)9-12(8-15)14(17)18-2/h3-6,9-10H,7H2,1-2H3/b12-9-. The van der Waals surface area contributed by atoms with E-state index < -0.39 is 5.97 Å². The third-order valence-corrected chi connectivity index (χ3v) is 3.05. The number of esters is 1. The van der Waals surface area contributed by atoms with Crippen molar-refractivity contribution in [3.63, 3.8) is 0 Å². The van der Waals surface area contributed by atoms with Gasteiger partial charge in [-0.3, -0.25) is 0 Å². The van der Waals surface area contributed by atoms with Gasteiger partial charge in [-0.05, 0) is 25.0 Å². The molecule has 2 rings (SSSR count). The van der Waals surface area contributed by atoms with E-state index in [1.165, 1.54) is 12.7 Å². The highest BCUT2D eigenvalue weighted by Gasteiger charge is 2.25. The maximum Gasteiger partial charge on any atom is 0.350 e. The Morgan fingerprint density at radius 2 is 2.28 bits per heavy atom. The van der Waals surface area contributed by atoms with Crippen LogP contribution in [0.25, 0.3) is 0 Å². The monoisotopic (exact) mass is 242 g/mol. The quantitative estimate of drug-likeness (QED) is 0.452. The number of methoxy groups -OCH3 is 1. The van der Waals surface area contributed by atoms with Gasteiger partial charge in [0.05, 0.1) is 7.11 Å². The third kappa shape index (κ3) is 2.07. The molecule has 0 N–H and O–H groups in total. The lowest BCUT2D eigenvalue weighted by atomic mass is 10.1. The Bertz CT molecular complexity index is 543. The minimum atomic E-state index is -0.603. The summed E-state index contributed by atoms with van der Waals surface area (Å²) in [6.07, 6.45) is 2.48. The molecule has 1 aliphatic heterocycles. The van der Waals surface area contributed by atoms with Crippen molar-refractivity contribution in [3.05, 3.63) is 41.6 Å². The van der Waals surface area contributed by atoms with Crippen LogP contribution in [0.1, 0.15) is 12.5 Å². The molecule has 0 aliphatic carbocycles. The second kappa shape index (κ2) is 4.92. The second-order valence-corrected chi connectivity index (χ2v) is 4.24. The van der Waals surface area contributed by atoms with Gasteiger partial charge in [0, 0.05) is 17.9 Å². The normalized spacial score (nSPS) is 18.2. The minimum absolute atomic E-state index is 0.0149. The van der Waals surface area contributed by atoms with Gasteiger partial charge in [-0.1, -0.05) is 18.2 Å². The summed E-state index contributed by atoms with van der Waals surface area (Å²) in [5, 5.41) is 8.98. The number of benzene rings is 1. The lowest BCUT2D eigenvalue weighted by Crippen LogP contribution is -2.24. The molecule has 92 valence electrons. The molecule has 0 saturated carbocycles. The number of nitriles is 1. The van der Waals surface area contributed by atoms with Crippen LogP contribution in [-0.4, -0.2) is 19.1 Å². The van der Waals surface area contributed by atoms with Gasteiger partial charge in [0.15, 0.2) is 5.57 Å². The summed E-state index contributed by atoms with van der Waals surface area (Å²) < 4.78 is 4.58. The lowest BCUT2D eigenvalue weighted by molar-refractivity contribution is -0.135. The van der Waals surface area contributed by atoms with Gasteiger partial charge >= 0.3 is 5.97 Å². The van der Waals surface area contributed by atoms with Gasteiger partial charge in [0.1, 0.15) is 6.07 Å². The summed E-state index contributed by atoms with van der Waals surface area (Å²) in [5.41, 5.74) is 2.28. The molecule has 4 heteroatoms. The Morgan fingerprint density at radius 3 is 2.94 bits per heavy atom. The van der Waals surface area contributed by atoms with E-state index >= 15 is 0 Å². The average molecular weight is 242 g/mol. The van der Waals surface area contributed by atoms with Crippen molar-refractivity contribution in [2.45, 2.75) is 19.4 Å². The van der Waals surface area contributed by atoms with E-state index in [2.05, 4.69) is 17.7 Å². The predicted octanol–water partition coefficient (Wildman–Crippen LogP) is 2.02. The summed E-state index contributed by atoms with van der Waals surface area (Å²) in [5.74, 6) is -0.603. The summed E-state index contributed by atoms with van der Waals surface area (Å²) in [6, 6.07) is 10.1. The van der Waals surface area contributed by atoms with Crippen molar-refractivity contribution in [2.75, 3.05) is 12.0 Å². The van der Waals surface area contributed by atoms with E-state index in [9.17, 15) is 4.79 Å². The molecule has 0 saturated heterocycles. The number of hydrogen-bond donors (Lipinski definition) is 0. The van der Waals surface area contributed by atoms with Gasteiger partial charge in [-0.15, -0.1) is 0 Å². The Morgan fingerprint density at radius 1 is 1.56 bits per heavy atom. The molecule has 4 nitrogen and oxygen atoms in total. The zero-order valence-corrected chi connectivity index (χ0v) is 10.4. The van der Waals surface area contributed by atoms with Crippen molar-refractivity contribution in [3.8, 4) is 6.07 Å². The molecule has 1 unspecified atom stereocenters. The van der Waals surface area contributed by atoms with E-state index in [1.54, 1.807) is 6.20 Å². The molecule has 18 heavy (non-hydrogen) atoms. The molecule has 0 fully saturated rings. The molecule has 0 aromatic heterocycles. The zero-order chi connectivity index (χ0) is 13.1. The first-order valence-electron chi connectivity index (χ1n) is 5.74. The van der Waals surface area contributed by atoms with Crippen LogP contribution in [-0.2, 0) is 16.0 Å². The Balaban J connectivity index is 2.37. The SMILES string of the molecule is COC(=O)/C(C#N)=C\N1c2ccccc2CC1C. The maximum atomic E-state index is 11.4. The molecule has 0 bridgehead atoms. The first-order chi connectivity index (χ1) is 8.67. The van der Waals surface area contributed by atoms with E-state index in [0.29, 0.717) is 0 Å². The van der Waals surface area contributed by atoms with Crippen LogP contribution in [0.4, 0.5) is 5.69 Å². The van der Waals surface area contributed by atoms with E-state index in [0.717, 1.165) is 12.1 Å². The highest BCUT2D eigenvalue weighted by molar-refractivity contribution is 5.93. The van der Waals surface area contributed by atoms with Gasteiger partial charge in [-0.2, -0.15) is 5.26 Å². The van der Waals surface area contributed by atoms with Crippen molar-refractivity contribution >= 4 is 11.7 Å². The first kappa shape index (κ1) is 12.2. The first-order valence-corrected chi connectivity index (χ1v) is 5.74. The van der Waals surface area contributed by atoms with E-state index in [-0.39, 0.29) is 11.6 Å². The molecule has 0 radical (unpaired) electrons. The van der Waals surface area contributed by atoms with Gasteiger partial charge < -0.3 is 9.64 Å². The molecule has 1 heterocycles. The number of fused-ring (bicyclic) bond motifs is 1. The lowest BCUT2D eigenvalue weighted by Gasteiger charge is -2.20. The molecule has 1 aromatic rings. The number of para-hydroxylation sites is 1. The van der Waals surface area contributed by atoms with Gasteiger partial charge in [0.25, 0.3) is 0 Å². The molecule has 0 spiro atoms. The molecule has 0 amide bonds. The summed E-state index contributed by atoms with van der Waals surface area (Å²) in [4.78, 5) is 13.4. The second-order valence-electron chi connectivity index (χ2n) is 4.24. The fourth-order valence-electron chi connectivity index (χ4n) is 2.16. The Hall–Kier alpha value is -2.28. The number of rotatable bonds is 2. The van der Waals surface area contributed by atoms with Gasteiger partial charge in [-0.25, -0.2) is 4.79 Å². The van der Waals surface area contributed by atoms with Crippen LogP contribution in [0.15, 0.2) is 36.0 Å². The zero-order valence-electron chi connectivity index (χ0n) is 10.4. The number of hydrogen-bond acceptors (Lipinski definition) is 4. The summed E-state index contributed by atoms with van der Waals surface area (Å²) >= 11 is 0. The molecule has 1 aliphatic rings. The maximum absolute atomic E-state index is 11.4. The number of nitrogens with zero attached hydrogens (tertiary/aromatic N) is 2. The van der Waals surface area contributed by atoms with Gasteiger partial charge in [0.2, 0.25) is 0 Å². The highest BCUT2D eigenvalue weighted by atomic mass is 16.5. The molecule has 1 atom stereocenters. The average Bonchev–Trinajstić information content (AvgIpc) is 2.71. The summed E-state index contributed by atoms with van der Waals surface area (Å²) in [7, 11) is 1.27.